The lowest BCUT2D eigenvalue weighted by Crippen LogP contribution is -2.25. The molecule has 0 aromatic heterocycles. The molecule has 0 spiro atoms. The fourth-order valence-electron chi connectivity index (χ4n) is 3.75. The summed E-state index contributed by atoms with van der Waals surface area (Å²) in [6, 6.07) is 20.1. The summed E-state index contributed by atoms with van der Waals surface area (Å²) in [5, 5.41) is 0. The average Bonchev–Trinajstić information content (AvgIpc) is 3.40. The maximum atomic E-state index is 12.3. The predicted octanol–water partition coefficient (Wildman–Crippen LogP) is 3.38. The van der Waals surface area contributed by atoms with Crippen molar-refractivity contribution in [2.24, 2.45) is 11.8 Å². The van der Waals surface area contributed by atoms with Gasteiger partial charge in [0.1, 0.15) is 0 Å². The lowest BCUT2D eigenvalue weighted by atomic mass is 10.1. The Kier molecular flexibility index (Phi) is 4.74. The fraction of sp³-hybridized carbons (Fsp3) is 0.364. The van der Waals surface area contributed by atoms with Gasteiger partial charge in [0.2, 0.25) is 5.91 Å². The Balaban J connectivity index is 1.24. The first-order valence-electron chi connectivity index (χ1n) is 9.24. The van der Waals surface area contributed by atoms with E-state index in [0.717, 1.165) is 12.0 Å². The maximum absolute atomic E-state index is 12.3. The molecular formula is C22H23NO3. The molecule has 1 saturated carbocycles. The van der Waals surface area contributed by atoms with E-state index in [-0.39, 0.29) is 23.7 Å². The molecule has 0 bridgehead atoms. The Hall–Kier alpha value is -2.62. The van der Waals surface area contributed by atoms with Crippen LogP contribution in [-0.4, -0.2) is 29.9 Å². The Bertz CT molecular complexity index is 774. The summed E-state index contributed by atoms with van der Waals surface area (Å²) in [7, 11) is 0. The maximum Gasteiger partial charge on any atom is 0.309 e. The standard InChI is InChI=1S/C22H23NO3/c24-21-11-17(14-23(21)13-16-7-3-1-4-8-16)15-26-22(25)20-12-19(20)18-9-5-2-6-10-18/h1-10,17,19-20H,11-15H2/t17-,19+,20+/m1/s1. The first-order valence-corrected chi connectivity index (χ1v) is 9.24. The van der Waals surface area contributed by atoms with E-state index in [4.69, 9.17) is 4.74 Å². The van der Waals surface area contributed by atoms with Crippen molar-refractivity contribution in [3.8, 4) is 0 Å². The number of amides is 1. The highest BCUT2D eigenvalue weighted by Gasteiger charge is 2.45. The zero-order chi connectivity index (χ0) is 17.9. The van der Waals surface area contributed by atoms with Gasteiger partial charge in [0.05, 0.1) is 12.5 Å². The van der Waals surface area contributed by atoms with E-state index in [0.29, 0.717) is 32.0 Å². The summed E-state index contributed by atoms with van der Waals surface area (Å²) in [6.45, 7) is 1.63. The molecule has 2 aliphatic rings. The number of rotatable bonds is 6. The van der Waals surface area contributed by atoms with E-state index in [1.54, 1.807) is 0 Å². The van der Waals surface area contributed by atoms with Crippen LogP contribution in [0.5, 0.6) is 0 Å². The zero-order valence-electron chi connectivity index (χ0n) is 14.7. The molecule has 26 heavy (non-hydrogen) atoms. The molecule has 1 heterocycles. The molecule has 4 heteroatoms. The first kappa shape index (κ1) is 16.8. The second-order valence-corrected chi connectivity index (χ2v) is 7.32. The van der Waals surface area contributed by atoms with Crippen LogP contribution in [0.15, 0.2) is 60.7 Å². The topological polar surface area (TPSA) is 46.6 Å². The second kappa shape index (κ2) is 7.32. The molecule has 0 radical (unpaired) electrons. The number of carbonyl (C=O) groups excluding carboxylic acids is 2. The Morgan fingerprint density at radius 3 is 2.46 bits per heavy atom. The van der Waals surface area contributed by atoms with Crippen molar-refractivity contribution in [2.45, 2.75) is 25.3 Å². The van der Waals surface area contributed by atoms with Crippen molar-refractivity contribution in [3.05, 3.63) is 71.8 Å². The summed E-state index contributed by atoms with van der Waals surface area (Å²) >= 11 is 0. The monoisotopic (exact) mass is 349 g/mol. The number of hydrogen-bond donors (Lipinski definition) is 0. The molecule has 2 aromatic rings. The SMILES string of the molecule is O=C(OC[C@@H]1CC(=O)N(Cc2ccccc2)C1)[C@H]1C[C@H]1c1ccccc1. The van der Waals surface area contributed by atoms with Gasteiger partial charge in [-0.2, -0.15) is 0 Å². The quantitative estimate of drug-likeness (QED) is 0.751. The molecule has 4 rings (SSSR count). The summed E-state index contributed by atoms with van der Waals surface area (Å²) in [5.74, 6) is 0.402. The van der Waals surface area contributed by atoms with Gasteiger partial charge in [-0.1, -0.05) is 60.7 Å². The van der Waals surface area contributed by atoms with E-state index >= 15 is 0 Å². The lowest BCUT2D eigenvalue weighted by molar-refractivity contribution is -0.146. The Morgan fingerprint density at radius 2 is 1.73 bits per heavy atom. The van der Waals surface area contributed by atoms with Crippen LogP contribution in [0.25, 0.3) is 0 Å². The highest BCUT2D eigenvalue weighted by molar-refractivity contribution is 5.79. The molecule has 4 nitrogen and oxygen atoms in total. The van der Waals surface area contributed by atoms with Crippen molar-refractivity contribution in [2.75, 3.05) is 13.2 Å². The molecule has 0 N–H and O–H groups in total. The van der Waals surface area contributed by atoms with Gasteiger partial charge in [-0.25, -0.2) is 0 Å². The van der Waals surface area contributed by atoms with E-state index < -0.39 is 0 Å². The molecule has 1 aliphatic heterocycles. The number of likely N-dealkylation sites (tertiary alicyclic amines) is 1. The van der Waals surface area contributed by atoms with Crippen molar-refractivity contribution in [1.29, 1.82) is 0 Å². The van der Waals surface area contributed by atoms with E-state index in [2.05, 4.69) is 12.1 Å². The third-order valence-electron chi connectivity index (χ3n) is 5.29. The largest absolute Gasteiger partial charge is 0.465 e. The summed E-state index contributed by atoms with van der Waals surface area (Å²) in [5.41, 5.74) is 2.33. The zero-order valence-corrected chi connectivity index (χ0v) is 14.7. The van der Waals surface area contributed by atoms with Crippen LogP contribution in [0, 0.1) is 11.8 Å². The van der Waals surface area contributed by atoms with Crippen molar-refractivity contribution >= 4 is 11.9 Å². The predicted molar refractivity (Wildman–Crippen MR) is 98.2 cm³/mol. The van der Waals surface area contributed by atoms with Gasteiger partial charge in [0, 0.05) is 25.4 Å². The molecule has 0 unspecified atom stereocenters. The van der Waals surface area contributed by atoms with E-state index in [1.807, 2.05) is 53.4 Å². The van der Waals surface area contributed by atoms with Crippen LogP contribution >= 0.6 is 0 Å². The van der Waals surface area contributed by atoms with Gasteiger partial charge in [0.25, 0.3) is 0 Å². The van der Waals surface area contributed by atoms with Crippen LogP contribution in [0.2, 0.25) is 0 Å². The van der Waals surface area contributed by atoms with E-state index in [1.165, 1.54) is 5.56 Å². The summed E-state index contributed by atoms with van der Waals surface area (Å²) < 4.78 is 5.53. The number of benzene rings is 2. The molecular weight excluding hydrogens is 326 g/mol. The van der Waals surface area contributed by atoms with E-state index in [9.17, 15) is 9.59 Å². The Labute approximate surface area is 153 Å². The average molecular weight is 349 g/mol. The normalized spacial score (nSPS) is 24.5. The Morgan fingerprint density at radius 1 is 1.04 bits per heavy atom. The number of hydrogen-bond acceptors (Lipinski definition) is 3. The molecule has 3 atom stereocenters. The van der Waals surface area contributed by atoms with Gasteiger partial charge in [0.15, 0.2) is 0 Å². The van der Waals surface area contributed by atoms with Crippen LogP contribution in [-0.2, 0) is 20.9 Å². The first-order chi connectivity index (χ1) is 12.7. The third kappa shape index (κ3) is 3.79. The molecule has 2 fully saturated rings. The van der Waals surface area contributed by atoms with Crippen LogP contribution < -0.4 is 0 Å². The minimum absolute atomic E-state index is 0.0186. The minimum atomic E-state index is -0.118. The molecule has 2 aromatic carbocycles. The fourth-order valence-corrected chi connectivity index (χ4v) is 3.75. The van der Waals surface area contributed by atoms with Crippen molar-refractivity contribution in [3.63, 3.8) is 0 Å². The van der Waals surface area contributed by atoms with Crippen LogP contribution in [0.3, 0.4) is 0 Å². The lowest BCUT2D eigenvalue weighted by Gasteiger charge is -2.16. The number of carbonyl (C=O) groups is 2. The second-order valence-electron chi connectivity index (χ2n) is 7.32. The smallest absolute Gasteiger partial charge is 0.309 e. The number of nitrogens with zero attached hydrogens (tertiary/aromatic N) is 1. The van der Waals surface area contributed by atoms with Crippen molar-refractivity contribution < 1.29 is 14.3 Å². The number of ether oxygens (including phenoxy) is 1. The van der Waals surface area contributed by atoms with Gasteiger partial charge >= 0.3 is 5.97 Å². The molecule has 134 valence electrons. The number of esters is 1. The summed E-state index contributed by atoms with van der Waals surface area (Å²) in [6.07, 6.45) is 1.33. The third-order valence-corrected chi connectivity index (χ3v) is 5.29. The van der Waals surface area contributed by atoms with Crippen molar-refractivity contribution in [1.82, 2.24) is 4.90 Å². The van der Waals surface area contributed by atoms with Crippen LogP contribution in [0.1, 0.15) is 29.9 Å². The molecule has 1 aliphatic carbocycles. The van der Waals surface area contributed by atoms with Gasteiger partial charge in [-0.15, -0.1) is 0 Å². The van der Waals surface area contributed by atoms with Crippen LogP contribution in [0.4, 0.5) is 0 Å². The van der Waals surface area contributed by atoms with Gasteiger partial charge in [-0.3, -0.25) is 9.59 Å². The van der Waals surface area contributed by atoms with Gasteiger partial charge in [-0.05, 0) is 23.5 Å². The van der Waals surface area contributed by atoms with Gasteiger partial charge < -0.3 is 9.64 Å². The summed E-state index contributed by atoms with van der Waals surface area (Å²) in [4.78, 5) is 26.3. The minimum Gasteiger partial charge on any atom is -0.465 e. The highest BCUT2D eigenvalue weighted by Crippen LogP contribution is 2.48. The molecule has 1 saturated heterocycles. The highest BCUT2D eigenvalue weighted by atomic mass is 16.5. The molecule has 1 amide bonds.